The van der Waals surface area contributed by atoms with Crippen LogP contribution in [0.4, 0.5) is 0 Å². The molecule has 1 N–H and O–H groups in total. The Balaban J connectivity index is 2.30. The summed E-state index contributed by atoms with van der Waals surface area (Å²) in [6.45, 7) is 5.34. The molecule has 1 aliphatic carbocycles. The zero-order valence-electron chi connectivity index (χ0n) is 9.13. The van der Waals surface area contributed by atoms with E-state index in [4.69, 9.17) is 4.52 Å². The van der Waals surface area contributed by atoms with Crippen LogP contribution in [0.15, 0.2) is 4.52 Å². The van der Waals surface area contributed by atoms with Crippen LogP contribution in [-0.2, 0) is 13.0 Å². The number of nitrogens with one attached hydrogen (secondary N) is 1. The highest BCUT2D eigenvalue weighted by molar-refractivity contribution is 5.28. The number of fused-ring (bicyclic) bond motifs is 1. The molecule has 0 radical (unpaired) electrons. The van der Waals surface area contributed by atoms with Crippen molar-refractivity contribution in [3.63, 3.8) is 0 Å². The van der Waals surface area contributed by atoms with Crippen LogP contribution >= 0.6 is 0 Å². The summed E-state index contributed by atoms with van der Waals surface area (Å²) < 4.78 is 5.43. The Kier molecular flexibility index (Phi) is 2.59. The van der Waals surface area contributed by atoms with Crippen molar-refractivity contribution in [2.75, 3.05) is 7.05 Å². The first-order valence-corrected chi connectivity index (χ1v) is 5.36. The lowest BCUT2D eigenvalue weighted by molar-refractivity contribution is 0.306. The molecule has 1 heterocycles. The summed E-state index contributed by atoms with van der Waals surface area (Å²) in [6, 6.07) is 0. The second kappa shape index (κ2) is 3.73. The molecule has 0 aromatic carbocycles. The third kappa shape index (κ3) is 1.46. The lowest BCUT2D eigenvalue weighted by Crippen LogP contribution is -2.16. The minimum atomic E-state index is 0.525. The molecular formula is C11H18N2O. The van der Waals surface area contributed by atoms with Gasteiger partial charge in [-0.2, -0.15) is 0 Å². The molecular weight excluding hydrogens is 176 g/mol. The Morgan fingerprint density at radius 3 is 3.00 bits per heavy atom. The Labute approximate surface area is 84.9 Å². The molecule has 0 fully saturated rings. The topological polar surface area (TPSA) is 38.1 Å². The van der Waals surface area contributed by atoms with Crippen molar-refractivity contribution in [1.29, 1.82) is 0 Å². The number of hydrogen-bond donors (Lipinski definition) is 1. The fraction of sp³-hybridized carbons (Fsp3) is 0.727. The standard InChI is InChI=1S/C11H18N2O/c1-7-4-5-9-10(6-12-3)13-14-11(9)8(7)2/h7-8,12H,4-6H2,1-3H3. The van der Waals surface area contributed by atoms with E-state index < -0.39 is 0 Å². The highest BCUT2D eigenvalue weighted by atomic mass is 16.5. The summed E-state index contributed by atoms with van der Waals surface area (Å²) in [5.74, 6) is 2.36. The van der Waals surface area contributed by atoms with Crippen molar-refractivity contribution in [3.05, 3.63) is 17.0 Å². The summed E-state index contributed by atoms with van der Waals surface area (Å²) in [4.78, 5) is 0. The monoisotopic (exact) mass is 194 g/mol. The molecule has 3 nitrogen and oxygen atoms in total. The van der Waals surface area contributed by atoms with E-state index in [1.807, 2.05) is 7.05 Å². The van der Waals surface area contributed by atoms with E-state index in [1.165, 1.54) is 12.0 Å². The van der Waals surface area contributed by atoms with E-state index in [0.29, 0.717) is 5.92 Å². The zero-order chi connectivity index (χ0) is 10.1. The molecule has 0 aliphatic heterocycles. The number of hydrogen-bond acceptors (Lipinski definition) is 3. The maximum atomic E-state index is 5.43. The first-order chi connectivity index (χ1) is 6.74. The van der Waals surface area contributed by atoms with Crippen molar-refractivity contribution < 1.29 is 4.52 Å². The van der Waals surface area contributed by atoms with Gasteiger partial charge in [-0.3, -0.25) is 0 Å². The van der Waals surface area contributed by atoms with Gasteiger partial charge in [0.2, 0.25) is 0 Å². The first kappa shape index (κ1) is 9.71. The maximum absolute atomic E-state index is 5.43. The van der Waals surface area contributed by atoms with Gasteiger partial charge >= 0.3 is 0 Å². The Hall–Kier alpha value is -0.830. The normalized spacial score (nSPS) is 26.2. The van der Waals surface area contributed by atoms with Crippen molar-refractivity contribution in [2.45, 2.75) is 39.2 Å². The fourth-order valence-corrected chi connectivity index (χ4v) is 2.17. The van der Waals surface area contributed by atoms with Crippen LogP contribution < -0.4 is 5.32 Å². The minimum absolute atomic E-state index is 0.525. The van der Waals surface area contributed by atoms with Gasteiger partial charge in [0.1, 0.15) is 11.5 Å². The lowest BCUT2D eigenvalue weighted by Gasteiger charge is -2.23. The van der Waals surface area contributed by atoms with E-state index in [2.05, 4.69) is 24.3 Å². The van der Waals surface area contributed by atoms with Crippen LogP contribution in [-0.4, -0.2) is 12.2 Å². The largest absolute Gasteiger partial charge is 0.361 e. The van der Waals surface area contributed by atoms with Crippen molar-refractivity contribution in [2.24, 2.45) is 5.92 Å². The summed E-state index contributed by atoms with van der Waals surface area (Å²) in [7, 11) is 1.94. The summed E-state index contributed by atoms with van der Waals surface area (Å²) in [6.07, 6.45) is 2.38. The van der Waals surface area contributed by atoms with Crippen LogP contribution in [0.2, 0.25) is 0 Å². The molecule has 14 heavy (non-hydrogen) atoms. The molecule has 1 aliphatic rings. The smallest absolute Gasteiger partial charge is 0.143 e. The summed E-state index contributed by atoms with van der Waals surface area (Å²) >= 11 is 0. The Morgan fingerprint density at radius 2 is 2.29 bits per heavy atom. The van der Waals surface area contributed by atoms with Crippen LogP contribution in [0.1, 0.15) is 43.2 Å². The van der Waals surface area contributed by atoms with Gasteiger partial charge < -0.3 is 9.84 Å². The van der Waals surface area contributed by atoms with Gasteiger partial charge in [0.15, 0.2) is 0 Å². The van der Waals surface area contributed by atoms with Crippen molar-refractivity contribution in [3.8, 4) is 0 Å². The maximum Gasteiger partial charge on any atom is 0.143 e. The molecule has 0 spiro atoms. The minimum Gasteiger partial charge on any atom is -0.361 e. The third-order valence-electron chi connectivity index (χ3n) is 3.36. The van der Waals surface area contributed by atoms with E-state index in [-0.39, 0.29) is 0 Å². The van der Waals surface area contributed by atoms with Crippen LogP contribution in [0.3, 0.4) is 0 Å². The molecule has 1 aromatic rings. The van der Waals surface area contributed by atoms with Gasteiger partial charge in [-0.15, -0.1) is 0 Å². The van der Waals surface area contributed by atoms with Gasteiger partial charge in [0.05, 0.1) is 0 Å². The molecule has 1 aromatic heterocycles. The zero-order valence-corrected chi connectivity index (χ0v) is 9.13. The van der Waals surface area contributed by atoms with E-state index >= 15 is 0 Å². The van der Waals surface area contributed by atoms with Crippen molar-refractivity contribution >= 4 is 0 Å². The average Bonchev–Trinajstić information content (AvgIpc) is 2.57. The molecule has 0 amide bonds. The summed E-state index contributed by atoms with van der Waals surface area (Å²) in [5.41, 5.74) is 2.45. The second-order valence-electron chi connectivity index (χ2n) is 4.31. The second-order valence-corrected chi connectivity index (χ2v) is 4.31. The van der Waals surface area contributed by atoms with Crippen LogP contribution in [0, 0.1) is 5.92 Å². The van der Waals surface area contributed by atoms with Crippen LogP contribution in [0.5, 0.6) is 0 Å². The van der Waals surface area contributed by atoms with Gasteiger partial charge in [0.25, 0.3) is 0 Å². The molecule has 2 rings (SSSR count). The van der Waals surface area contributed by atoms with E-state index in [9.17, 15) is 0 Å². The highest BCUT2D eigenvalue weighted by Crippen LogP contribution is 2.36. The Morgan fingerprint density at radius 1 is 1.50 bits per heavy atom. The molecule has 0 saturated carbocycles. The van der Waals surface area contributed by atoms with E-state index in [0.717, 1.165) is 30.3 Å². The summed E-state index contributed by atoms with van der Waals surface area (Å²) in [5, 5.41) is 7.26. The van der Waals surface area contributed by atoms with Gasteiger partial charge in [-0.1, -0.05) is 19.0 Å². The van der Waals surface area contributed by atoms with Crippen molar-refractivity contribution in [1.82, 2.24) is 10.5 Å². The lowest BCUT2D eigenvalue weighted by atomic mass is 9.80. The van der Waals surface area contributed by atoms with Gasteiger partial charge in [-0.25, -0.2) is 0 Å². The SMILES string of the molecule is CNCc1noc2c1CCC(C)C2C. The molecule has 0 saturated heterocycles. The quantitative estimate of drug-likeness (QED) is 0.783. The molecule has 0 bridgehead atoms. The molecule has 78 valence electrons. The molecule has 2 atom stereocenters. The predicted molar refractivity (Wildman–Crippen MR) is 55.2 cm³/mol. The average molecular weight is 194 g/mol. The molecule has 2 unspecified atom stereocenters. The Bertz CT molecular complexity index is 319. The predicted octanol–water partition coefficient (Wildman–Crippen LogP) is 2.08. The molecule has 3 heteroatoms. The van der Waals surface area contributed by atoms with Gasteiger partial charge in [0, 0.05) is 18.0 Å². The number of rotatable bonds is 2. The third-order valence-corrected chi connectivity index (χ3v) is 3.36. The first-order valence-electron chi connectivity index (χ1n) is 5.36. The van der Waals surface area contributed by atoms with Crippen LogP contribution in [0.25, 0.3) is 0 Å². The van der Waals surface area contributed by atoms with Gasteiger partial charge in [-0.05, 0) is 25.8 Å². The van der Waals surface area contributed by atoms with E-state index in [1.54, 1.807) is 0 Å². The highest BCUT2D eigenvalue weighted by Gasteiger charge is 2.29. The number of nitrogens with zero attached hydrogens (tertiary/aromatic N) is 1. The fourth-order valence-electron chi connectivity index (χ4n) is 2.17. The number of aromatic nitrogens is 1.